The van der Waals surface area contributed by atoms with Gasteiger partial charge in [-0.05, 0) is 42.1 Å². The lowest BCUT2D eigenvalue weighted by atomic mass is 10.2. The number of thiophene rings is 1. The van der Waals surface area contributed by atoms with E-state index in [0.29, 0.717) is 11.4 Å². The standard InChI is InChI=1S/C14H18N2O2S/c1-10-6-12(19-9-10)8-16-13-7-11(15)2-3-14(13)18-5-4-17/h2-3,6-7,9,16-17H,4-5,8,15H2,1H3. The molecule has 0 spiro atoms. The van der Waals surface area contributed by atoms with Crippen molar-refractivity contribution in [3.63, 3.8) is 0 Å². The van der Waals surface area contributed by atoms with E-state index >= 15 is 0 Å². The van der Waals surface area contributed by atoms with Crippen LogP contribution in [0.1, 0.15) is 10.4 Å². The van der Waals surface area contributed by atoms with Crippen LogP contribution in [0, 0.1) is 6.92 Å². The first-order valence-electron chi connectivity index (χ1n) is 6.10. The Morgan fingerprint density at radius 2 is 2.21 bits per heavy atom. The summed E-state index contributed by atoms with van der Waals surface area (Å²) in [5, 5.41) is 14.3. The van der Waals surface area contributed by atoms with Crippen molar-refractivity contribution >= 4 is 22.7 Å². The molecule has 0 aliphatic rings. The fourth-order valence-corrected chi connectivity index (χ4v) is 2.55. The molecule has 1 aromatic carbocycles. The third-order valence-corrected chi connectivity index (χ3v) is 3.64. The fraction of sp³-hybridized carbons (Fsp3) is 0.286. The van der Waals surface area contributed by atoms with Crippen molar-refractivity contribution in [1.82, 2.24) is 0 Å². The molecule has 0 saturated carbocycles. The number of nitrogens with one attached hydrogen (secondary N) is 1. The highest BCUT2D eigenvalue weighted by molar-refractivity contribution is 7.10. The maximum Gasteiger partial charge on any atom is 0.142 e. The number of aryl methyl sites for hydroxylation is 1. The molecule has 0 unspecified atom stereocenters. The summed E-state index contributed by atoms with van der Waals surface area (Å²) in [4.78, 5) is 1.26. The number of ether oxygens (including phenoxy) is 1. The van der Waals surface area contributed by atoms with Gasteiger partial charge < -0.3 is 20.9 Å². The third-order valence-electron chi connectivity index (χ3n) is 2.59. The normalized spacial score (nSPS) is 10.4. The van der Waals surface area contributed by atoms with Gasteiger partial charge in [0.15, 0.2) is 0 Å². The maximum absolute atomic E-state index is 8.82. The van der Waals surface area contributed by atoms with Crippen LogP contribution in [0.5, 0.6) is 5.75 Å². The van der Waals surface area contributed by atoms with Gasteiger partial charge in [-0.25, -0.2) is 0 Å². The molecule has 0 bridgehead atoms. The van der Waals surface area contributed by atoms with Crippen LogP contribution in [0.2, 0.25) is 0 Å². The summed E-state index contributed by atoms with van der Waals surface area (Å²) < 4.78 is 5.47. The van der Waals surface area contributed by atoms with Crippen LogP contribution < -0.4 is 15.8 Å². The summed E-state index contributed by atoms with van der Waals surface area (Å²) in [5.41, 5.74) is 8.58. The van der Waals surface area contributed by atoms with Crippen LogP contribution >= 0.6 is 11.3 Å². The molecule has 0 amide bonds. The zero-order valence-electron chi connectivity index (χ0n) is 10.8. The van der Waals surface area contributed by atoms with E-state index in [-0.39, 0.29) is 13.2 Å². The van der Waals surface area contributed by atoms with Gasteiger partial charge in [-0.1, -0.05) is 0 Å². The van der Waals surface area contributed by atoms with Crippen LogP contribution in [-0.4, -0.2) is 18.3 Å². The molecule has 1 heterocycles. The fourth-order valence-electron chi connectivity index (χ4n) is 1.73. The number of hydrogen-bond acceptors (Lipinski definition) is 5. The summed E-state index contributed by atoms with van der Waals surface area (Å²) in [6, 6.07) is 7.59. The number of benzene rings is 1. The van der Waals surface area contributed by atoms with E-state index in [9.17, 15) is 0 Å². The van der Waals surface area contributed by atoms with Crippen molar-refractivity contribution < 1.29 is 9.84 Å². The number of aliphatic hydroxyl groups excluding tert-OH is 1. The molecular weight excluding hydrogens is 260 g/mol. The van der Waals surface area contributed by atoms with E-state index in [1.54, 1.807) is 17.4 Å². The van der Waals surface area contributed by atoms with Gasteiger partial charge in [0.2, 0.25) is 0 Å². The Hall–Kier alpha value is -1.72. The quantitative estimate of drug-likeness (QED) is 0.711. The lowest BCUT2D eigenvalue weighted by molar-refractivity contribution is 0.202. The first kappa shape index (κ1) is 13.7. The Kier molecular flexibility index (Phi) is 4.65. The lowest BCUT2D eigenvalue weighted by Crippen LogP contribution is -2.06. The van der Waals surface area contributed by atoms with Gasteiger partial charge in [-0.2, -0.15) is 0 Å². The van der Waals surface area contributed by atoms with Gasteiger partial charge in [0.25, 0.3) is 0 Å². The van der Waals surface area contributed by atoms with Gasteiger partial charge >= 0.3 is 0 Å². The molecule has 0 aliphatic heterocycles. The van der Waals surface area contributed by atoms with E-state index in [1.165, 1.54) is 10.4 Å². The first-order valence-corrected chi connectivity index (χ1v) is 6.98. The van der Waals surface area contributed by atoms with Crippen LogP contribution in [0.4, 0.5) is 11.4 Å². The molecule has 102 valence electrons. The summed E-state index contributed by atoms with van der Waals surface area (Å²) >= 11 is 1.72. The van der Waals surface area contributed by atoms with Gasteiger partial charge in [0, 0.05) is 17.1 Å². The molecule has 0 aliphatic carbocycles. The zero-order valence-corrected chi connectivity index (χ0v) is 11.7. The zero-order chi connectivity index (χ0) is 13.7. The largest absolute Gasteiger partial charge is 0.489 e. The molecule has 5 heteroatoms. The SMILES string of the molecule is Cc1csc(CNc2cc(N)ccc2OCCO)c1. The lowest BCUT2D eigenvalue weighted by Gasteiger charge is -2.13. The van der Waals surface area contributed by atoms with E-state index in [1.807, 2.05) is 12.1 Å². The minimum atomic E-state index is -0.00602. The number of nitrogen functional groups attached to an aromatic ring is 1. The molecule has 0 radical (unpaired) electrons. The Morgan fingerprint density at radius 1 is 1.37 bits per heavy atom. The van der Waals surface area contributed by atoms with E-state index < -0.39 is 0 Å². The van der Waals surface area contributed by atoms with Crippen molar-refractivity contribution in [1.29, 1.82) is 0 Å². The predicted octanol–water partition coefficient (Wildman–Crippen LogP) is 2.62. The van der Waals surface area contributed by atoms with Crippen molar-refractivity contribution in [2.75, 3.05) is 24.3 Å². The van der Waals surface area contributed by atoms with Gasteiger partial charge in [0.1, 0.15) is 12.4 Å². The van der Waals surface area contributed by atoms with Crippen LogP contribution in [-0.2, 0) is 6.54 Å². The van der Waals surface area contributed by atoms with Crippen LogP contribution in [0.15, 0.2) is 29.6 Å². The molecular formula is C14H18N2O2S. The van der Waals surface area contributed by atoms with Gasteiger partial charge in [-0.3, -0.25) is 0 Å². The summed E-state index contributed by atoms with van der Waals surface area (Å²) in [7, 11) is 0. The highest BCUT2D eigenvalue weighted by Gasteiger charge is 2.05. The minimum absolute atomic E-state index is 0.00602. The number of aliphatic hydroxyl groups is 1. The average molecular weight is 278 g/mol. The van der Waals surface area contributed by atoms with Crippen molar-refractivity contribution in [2.45, 2.75) is 13.5 Å². The Morgan fingerprint density at radius 3 is 2.89 bits per heavy atom. The van der Waals surface area contributed by atoms with Crippen molar-refractivity contribution in [2.24, 2.45) is 0 Å². The Bertz CT molecular complexity index is 540. The van der Waals surface area contributed by atoms with Crippen molar-refractivity contribution in [3.05, 3.63) is 40.1 Å². The number of hydrogen-bond donors (Lipinski definition) is 3. The molecule has 0 fully saturated rings. The average Bonchev–Trinajstić information content (AvgIpc) is 2.81. The molecule has 4 nitrogen and oxygen atoms in total. The topological polar surface area (TPSA) is 67.5 Å². The Balaban J connectivity index is 2.06. The van der Waals surface area contributed by atoms with E-state index in [0.717, 1.165) is 12.2 Å². The molecule has 1 aromatic heterocycles. The summed E-state index contributed by atoms with van der Waals surface area (Å²) in [6.07, 6.45) is 0. The predicted molar refractivity (Wildman–Crippen MR) is 79.8 cm³/mol. The monoisotopic (exact) mass is 278 g/mol. The summed E-state index contributed by atoms with van der Waals surface area (Å²) in [6.45, 7) is 3.08. The minimum Gasteiger partial charge on any atom is -0.489 e. The van der Waals surface area contributed by atoms with E-state index in [4.69, 9.17) is 15.6 Å². The molecule has 2 aromatic rings. The molecule has 19 heavy (non-hydrogen) atoms. The number of anilines is 2. The highest BCUT2D eigenvalue weighted by atomic mass is 32.1. The van der Waals surface area contributed by atoms with Gasteiger partial charge in [-0.15, -0.1) is 11.3 Å². The number of rotatable bonds is 6. The highest BCUT2D eigenvalue weighted by Crippen LogP contribution is 2.28. The second-order valence-corrected chi connectivity index (χ2v) is 5.27. The second kappa shape index (κ2) is 6.45. The van der Waals surface area contributed by atoms with Crippen molar-refractivity contribution in [3.8, 4) is 5.75 Å². The molecule has 4 N–H and O–H groups in total. The Labute approximate surface area is 116 Å². The van der Waals surface area contributed by atoms with Gasteiger partial charge in [0.05, 0.1) is 12.3 Å². The molecule has 2 rings (SSSR count). The second-order valence-electron chi connectivity index (χ2n) is 4.27. The summed E-state index contributed by atoms with van der Waals surface area (Å²) in [5.74, 6) is 0.705. The van der Waals surface area contributed by atoms with E-state index in [2.05, 4.69) is 23.7 Å². The van der Waals surface area contributed by atoms with Crippen LogP contribution in [0.3, 0.4) is 0 Å². The third kappa shape index (κ3) is 3.87. The molecule has 0 saturated heterocycles. The molecule has 0 atom stereocenters. The first-order chi connectivity index (χ1) is 9.19. The number of nitrogens with two attached hydrogens (primary N) is 1. The maximum atomic E-state index is 8.82. The van der Waals surface area contributed by atoms with Crippen LogP contribution in [0.25, 0.3) is 0 Å². The smallest absolute Gasteiger partial charge is 0.142 e.